The van der Waals surface area contributed by atoms with Crippen LogP contribution in [0.25, 0.3) is 0 Å². The molecule has 0 radical (unpaired) electrons. The van der Waals surface area contributed by atoms with Gasteiger partial charge in [0.25, 0.3) is 0 Å². The minimum Gasteiger partial charge on any atom is -0.295 e. The van der Waals surface area contributed by atoms with Crippen LogP contribution >= 0.6 is 22.6 Å². The molecule has 0 aliphatic carbocycles. The number of hydroxylamine groups is 2. The molecule has 1 saturated heterocycles. The third-order valence-corrected chi connectivity index (χ3v) is 3.66. The van der Waals surface area contributed by atoms with Crippen molar-refractivity contribution in [1.29, 1.82) is 0 Å². The van der Waals surface area contributed by atoms with E-state index >= 15 is 0 Å². The summed E-state index contributed by atoms with van der Waals surface area (Å²) in [4.78, 5) is 5.68. The standard InChI is InChI=1S/C10H20INO/c1-3-4-5-6-9-7-10(8-11)13-12(9)2/h9-10H,3-8H2,1-2H3/t9-,10-/m0/s1. The molecule has 78 valence electrons. The molecule has 1 heterocycles. The molecular weight excluding hydrogens is 277 g/mol. The fraction of sp³-hybridized carbons (Fsp3) is 1.00. The topological polar surface area (TPSA) is 12.5 Å². The Balaban J connectivity index is 2.18. The summed E-state index contributed by atoms with van der Waals surface area (Å²) in [5, 5.41) is 2.07. The van der Waals surface area contributed by atoms with Gasteiger partial charge in [0.2, 0.25) is 0 Å². The second-order valence-corrected chi connectivity index (χ2v) is 4.69. The molecule has 13 heavy (non-hydrogen) atoms. The molecule has 2 atom stereocenters. The lowest BCUT2D eigenvalue weighted by Crippen LogP contribution is -2.23. The Labute approximate surface area is 95.1 Å². The highest BCUT2D eigenvalue weighted by molar-refractivity contribution is 14.1. The monoisotopic (exact) mass is 297 g/mol. The third kappa shape index (κ3) is 3.72. The third-order valence-electron chi connectivity index (χ3n) is 2.68. The molecule has 0 unspecified atom stereocenters. The summed E-state index contributed by atoms with van der Waals surface area (Å²) in [7, 11) is 2.07. The number of hydrogen-bond acceptors (Lipinski definition) is 2. The van der Waals surface area contributed by atoms with E-state index in [0.717, 1.165) is 4.43 Å². The summed E-state index contributed by atoms with van der Waals surface area (Å²) in [6.07, 6.45) is 7.02. The Morgan fingerprint density at radius 3 is 2.77 bits per heavy atom. The van der Waals surface area contributed by atoms with Gasteiger partial charge in [-0.15, -0.1) is 0 Å². The van der Waals surface area contributed by atoms with Crippen LogP contribution in [-0.2, 0) is 4.84 Å². The summed E-state index contributed by atoms with van der Waals surface area (Å²) in [6.45, 7) is 2.25. The van der Waals surface area contributed by atoms with E-state index in [9.17, 15) is 0 Å². The van der Waals surface area contributed by atoms with Crippen molar-refractivity contribution >= 4 is 22.6 Å². The van der Waals surface area contributed by atoms with Gasteiger partial charge in [-0.2, -0.15) is 5.06 Å². The number of rotatable bonds is 5. The van der Waals surface area contributed by atoms with Gasteiger partial charge in [0, 0.05) is 17.5 Å². The maximum absolute atomic E-state index is 5.68. The quantitative estimate of drug-likeness (QED) is 0.439. The van der Waals surface area contributed by atoms with Crippen LogP contribution in [0.1, 0.15) is 39.0 Å². The van der Waals surface area contributed by atoms with Gasteiger partial charge in [-0.25, -0.2) is 0 Å². The average Bonchev–Trinajstić information content (AvgIpc) is 2.48. The van der Waals surface area contributed by atoms with Crippen LogP contribution in [-0.4, -0.2) is 28.7 Å². The second-order valence-electron chi connectivity index (χ2n) is 3.81. The molecule has 0 bridgehead atoms. The van der Waals surface area contributed by atoms with Crippen molar-refractivity contribution in [1.82, 2.24) is 5.06 Å². The van der Waals surface area contributed by atoms with Crippen molar-refractivity contribution in [3.8, 4) is 0 Å². The first kappa shape index (κ1) is 11.7. The predicted molar refractivity (Wildman–Crippen MR) is 64.1 cm³/mol. The van der Waals surface area contributed by atoms with Gasteiger partial charge in [-0.05, 0) is 12.8 Å². The number of halogens is 1. The Kier molecular flexibility index (Phi) is 5.58. The van der Waals surface area contributed by atoms with Crippen molar-refractivity contribution in [2.24, 2.45) is 0 Å². The second kappa shape index (κ2) is 6.19. The highest BCUT2D eigenvalue weighted by Gasteiger charge is 2.29. The zero-order valence-corrected chi connectivity index (χ0v) is 10.8. The maximum Gasteiger partial charge on any atom is 0.0898 e. The first-order valence-electron chi connectivity index (χ1n) is 5.23. The van der Waals surface area contributed by atoms with Crippen molar-refractivity contribution < 1.29 is 4.84 Å². The zero-order chi connectivity index (χ0) is 9.68. The van der Waals surface area contributed by atoms with Crippen molar-refractivity contribution in [2.45, 2.75) is 51.2 Å². The highest BCUT2D eigenvalue weighted by Crippen LogP contribution is 2.24. The maximum atomic E-state index is 5.68. The van der Waals surface area contributed by atoms with Gasteiger partial charge in [0.1, 0.15) is 0 Å². The average molecular weight is 297 g/mol. The molecule has 0 amide bonds. The first-order chi connectivity index (χ1) is 6.27. The molecule has 3 heteroatoms. The minimum atomic E-state index is 0.470. The fourth-order valence-corrected chi connectivity index (χ4v) is 2.36. The number of unbranched alkanes of at least 4 members (excludes halogenated alkanes) is 2. The zero-order valence-electron chi connectivity index (χ0n) is 8.63. The van der Waals surface area contributed by atoms with E-state index in [1.807, 2.05) is 0 Å². The summed E-state index contributed by atoms with van der Waals surface area (Å²) in [6, 6.07) is 0.673. The number of hydrogen-bond donors (Lipinski definition) is 0. The van der Waals surface area contributed by atoms with Crippen LogP contribution in [0, 0.1) is 0 Å². The molecule has 0 aromatic heterocycles. The van der Waals surface area contributed by atoms with Crippen molar-refractivity contribution in [3.63, 3.8) is 0 Å². The van der Waals surface area contributed by atoms with Crippen LogP contribution < -0.4 is 0 Å². The molecule has 0 aromatic rings. The van der Waals surface area contributed by atoms with E-state index in [1.165, 1.54) is 32.1 Å². The highest BCUT2D eigenvalue weighted by atomic mass is 127. The Morgan fingerprint density at radius 2 is 2.23 bits per heavy atom. The molecule has 1 aliphatic rings. The van der Waals surface area contributed by atoms with Crippen LogP contribution in [0.15, 0.2) is 0 Å². The predicted octanol–water partition coefficient (Wildman–Crippen LogP) is 3.01. The Morgan fingerprint density at radius 1 is 1.46 bits per heavy atom. The molecule has 1 fully saturated rings. The minimum absolute atomic E-state index is 0.470. The lowest BCUT2D eigenvalue weighted by molar-refractivity contribution is -0.137. The molecule has 2 nitrogen and oxygen atoms in total. The van der Waals surface area contributed by atoms with Crippen LogP contribution in [0.2, 0.25) is 0 Å². The van der Waals surface area contributed by atoms with Gasteiger partial charge in [-0.1, -0.05) is 48.8 Å². The molecule has 0 saturated carbocycles. The normalized spacial score (nSPS) is 29.8. The molecule has 0 spiro atoms. The summed E-state index contributed by atoms with van der Waals surface area (Å²) in [5.74, 6) is 0. The Bertz CT molecular complexity index is 143. The lowest BCUT2D eigenvalue weighted by Gasteiger charge is -2.16. The van der Waals surface area contributed by atoms with Crippen LogP contribution in [0.3, 0.4) is 0 Å². The van der Waals surface area contributed by atoms with E-state index in [-0.39, 0.29) is 0 Å². The van der Waals surface area contributed by atoms with E-state index in [1.54, 1.807) is 0 Å². The van der Waals surface area contributed by atoms with Gasteiger partial charge in [0.15, 0.2) is 0 Å². The van der Waals surface area contributed by atoms with Gasteiger partial charge < -0.3 is 0 Å². The van der Waals surface area contributed by atoms with E-state index in [2.05, 4.69) is 41.6 Å². The number of alkyl halides is 1. The summed E-state index contributed by atoms with van der Waals surface area (Å²) < 4.78 is 1.12. The van der Waals surface area contributed by atoms with Crippen molar-refractivity contribution in [3.05, 3.63) is 0 Å². The van der Waals surface area contributed by atoms with E-state index in [0.29, 0.717) is 12.1 Å². The molecule has 0 N–H and O–H groups in total. The largest absolute Gasteiger partial charge is 0.295 e. The molecular formula is C10H20INO. The number of nitrogens with zero attached hydrogens (tertiary/aromatic N) is 1. The SMILES string of the molecule is CCCCC[C@H]1C[C@@H](CI)ON1C. The summed E-state index contributed by atoms with van der Waals surface area (Å²) in [5.41, 5.74) is 0. The van der Waals surface area contributed by atoms with Crippen LogP contribution in [0.4, 0.5) is 0 Å². The van der Waals surface area contributed by atoms with Gasteiger partial charge in [-0.3, -0.25) is 4.84 Å². The first-order valence-corrected chi connectivity index (χ1v) is 6.76. The molecule has 0 aromatic carbocycles. The smallest absolute Gasteiger partial charge is 0.0898 e. The van der Waals surface area contributed by atoms with Crippen LogP contribution in [0.5, 0.6) is 0 Å². The fourth-order valence-electron chi connectivity index (χ4n) is 1.84. The van der Waals surface area contributed by atoms with Gasteiger partial charge >= 0.3 is 0 Å². The Hall–Kier alpha value is 0.650. The van der Waals surface area contributed by atoms with E-state index in [4.69, 9.17) is 4.84 Å². The van der Waals surface area contributed by atoms with E-state index < -0.39 is 0 Å². The van der Waals surface area contributed by atoms with Crippen molar-refractivity contribution in [2.75, 3.05) is 11.5 Å². The molecule has 1 rings (SSSR count). The lowest BCUT2D eigenvalue weighted by atomic mass is 10.0. The summed E-state index contributed by atoms with van der Waals surface area (Å²) >= 11 is 2.40. The molecule has 1 aliphatic heterocycles. The van der Waals surface area contributed by atoms with Gasteiger partial charge in [0.05, 0.1) is 6.10 Å².